The van der Waals surface area contributed by atoms with Crippen molar-refractivity contribution in [2.24, 2.45) is 29.6 Å². The molecule has 66 valence electrons. The number of carbonyl (C=O) groups is 1. The van der Waals surface area contributed by atoms with Gasteiger partial charge in [-0.1, -0.05) is 13.3 Å². The van der Waals surface area contributed by atoms with Crippen molar-refractivity contribution in [3.05, 3.63) is 0 Å². The summed E-state index contributed by atoms with van der Waals surface area (Å²) < 4.78 is 0. The maximum atomic E-state index is 11.7. The van der Waals surface area contributed by atoms with Gasteiger partial charge in [0.1, 0.15) is 5.78 Å². The van der Waals surface area contributed by atoms with Crippen molar-refractivity contribution >= 4 is 5.78 Å². The summed E-state index contributed by atoms with van der Waals surface area (Å²) in [6.45, 7) is 2.15. The van der Waals surface area contributed by atoms with Crippen molar-refractivity contribution in [3.63, 3.8) is 0 Å². The lowest BCUT2D eigenvalue weighted by atomic mass is 9.76. The quantitative estimate of drug-likeness (QED) is 0.536. The van der Waals surface area contributed by atoms with Crippen LogP contribution in [0, 0.1) is 29.6 Å². The standard InChI is InChI=1S/C11H16O/c1-6-9-5-10(11(6)12)8-4-2-3-7(8)9/h6-10H,2-5H2,1H3/t6-,7?,8?,9?,10?/m0/s1. The number of hydrogen-bond donors (Lipinski definition) is 0. The molecule has 0 spiro atoms. The van der Waals surface area contributed by atoms with Crippen LogP contribution in [0.3, 0.4) is 0 Å². The molecule has 3 fully saturated rings. The lowest BCUT2D eigenvalue weighted by Gasteiger charge is -2.27. The Kier molecular flexibility index (Phi) is 1.26. The topological polar surface area (TPSA) is 17.1 Å². The second kappa shape index (κ2) is 2.12. The van der Waals surface area contributed by atoms with Gasteiger partial charge in [-0.2, -0.15) is 0 Å². The Morgan fingerprint density at radius 2 is 1.92 bits per heavy atom. The minimum atomic E-state index is 0.411. The molecule has 0 aliphatic heterocycles. The van der Waals surface area contributed by atoms with Gasteiger partial charge in [-0.05, 0) is 37.0 Å². The van der Waals surface area contributed by atoms with E-state index >= 15 is 0 Å². The summed E-state index contributed by atoms with van der Waals surface area (Å²) >= 11 is 0. The highest BCUT2D eigenvalue weighted by Gasteiger charge is 2.56. The fourth-order valence-electron chi connectivity index (χ4n) is 4.14. The van der Waals surface area contributed by atoms with Gasteiger partial charge in [-0.3, -0.25) is 4.79 Å². The highest BCUT2D eigenvalue weighted by molar-refractivity contribution is 5.87. The molecule has 3 rings (SSSR count). The molecule has 0 aromatic carbocycles. The van der Waals surface area contributed by atoms with Crippen molar-refractivity contribution in [1.82, 2.24) is 0 Å². The first-order valence-corrected chi connectivity index (χ1v) is 5.33. The van der Waals surface area contributed by atoms with Crippen molar-refractivity contribution in [2.75, 3.05) is 0 Å². The van der Waals surface area contributed by atoms with Gasteiger partial charge in [0.2, 0.25) is 0 Å². The molecule has 4 unspecified atom stereocenters. The molecule has 0 heterocycles. The van der Waals surface area contributed by atoms with Crippen LogP contribution in [0.2, 0.25) is 0 Å². The molecule has 0 saturated heterocycles. The molecular weight excluding hydrogens is 148 g/mol. The summed E-state index contributed by atoms with van der Waals surface area (Å²) in [7, 11) is 0. The fraction of sp³-hybridized carbons (Fsp3) is 0.909. The zero-order valence-corrected chi connectivity index (χ0v) is 7.62. The van der Waals surface area contributed by atoms with E-state index in [0.29, 0.717) is 17.6 Å². The van der Waals surface area contributed by atoms with Crippen LogP contribution in [-0.2, 0) is 4.79 Å². The van der Waals surface area contributed by atoms with E-state index in [1.807, 2.05) is 0 Å². The Morgan fingerprint density at radius 3 is 2.75 bits per heavy atom. The Hall–Kier alpha value is -0.330. The van der Waals surface area contributed by atoms with E-state index in [1.165, 1.54) is 25.7 Å². The molecule has 0 radical (unpaired) electrons. The predicted octanol–water partition coefficient (Wildman–Crippen LogP) is 2.26. The lowest BCUT2D eigenvalue weighted by molar-refractivity contribution is -0.127. The van der Waals surface area contributed by atoms with Gasteiger partial charge in [0, 0.05) is 11.8 Å². The molecule has 3 aliphatic rings. The maximum Gasteiger partial charge on any atom is 0.139 e. The van der Waals surface area contributed by atoms with E-state index in [0.717, 1.165) is 17.8 Å². The Morgan fingerprint density at radius 1 is 1.17 bits per heavy atom. The monoisotopic (exact) mass is 164 g/mol. The Balaban J connectivity index is 1.97. The molecule has 3 aliphatic carbocycles. The first-order valence-electron chi connectivity index (χ1n) is 5.33. The summed E-state index contributed by atoms with van der Waals surface area (Å²) in [6.07, 6.45) is 5.41. The summed E-state index contributed by atoms with van der Waals surface area (Å²) in [5.74, 6) is 4.06. The molecule has 12 heavy (non-hydrogen) atoms. The smallest absolute Gasteiger partial charge is 0.139 e. The van der Waals surface area contributed by atoms with E-state index in [-0.39, 0.29) is 0 Å². The van der Waals surface area contributed by atoms with Crippen molar-refractivity contribution < 1.29 is 4.79 Å². The molecule has 0 N–H and O–H groups in total. The molecule has 1 nitrogen and oxygen atoms in total. The van der Waals surface area contributed by atoms with Gasteiger partial charge < -0.3 is 0 Å². The van der Waals surface area contributed by atoms with Crippen LogP contribution in [0.1, 0.15) is 32.6 Å². The highest BCUT2D eigenvalue weighted by Crippen LogP contribution is 2.59. The number of carbonyl (C=O) groups excluding carboxylic acids is 1. The molecule has 0 aromatic heterocycles. The van der Waals surface area contributed by atoms with E-state index in [2.05, 4.69) is 6.92 Å². The van der Waals surface area contributed by atoms with E-state index in [4.69, 9.17) is 0 Å². The third-order valence-electron chi connectivity index (χ3n) is 4.67. The zero-order valence-electron chi connectivity index (χ0n) is 7.62. The van der Waals surface area contributed by atoms with Crippen LogP contribution in [-0.4, -0.2) is 5.78 Å². The van der Waals surface area contributed by atoms with Gasteiger partial charge in [0.05, 0.1) is 0 Å². The van der Waals surface area contributed by atoms with E-state index < -0.39 is 0 Å². The van der Waals surface area contributed by atoms with Crippen LogP contribution < -0.4 is 0 Å². The van der Waals surface area contributed by atoms with Gasteiger partial charge in [0.25, 0.3) is 0 Å². The van der Waals surface area contributed by atoms with Gasteiger partial charge >= 0.3 is 0 Å². The van der Waals surface area contributed by atoms with Crippen LogP contribution in [0.5, 0.6) is 0 Å². The minimum Gasteiger partial charge on any atom is -0.299 e. The van der Waals surface area contributed by atoms with Crippen LogP contribution >= 0.6 is 0 Å². The second-order valence-electron chi connectivity index (χ2n) is 4.96. The third-order valence-corrected chi connectivity index (χ3v) is 4.67. The maximum absolute atomic E-state index is 11.7. The summed E-state index contributed by atoms with van der Waals surface area (Å²) in [5.41, 5.74) is 0. The van der Waals surface area contributed by atoms with E-state index in [1.54, 1.807) is 0 Å². The molecule has 0 amide bonds. The average molecular weight is 164 g/mol. The summed E-state index contributed by atoms with van der Waals surface area (Å²) in [5, 5.41) is 0. The Bertz CT molecular complexity index is 233. The largest absolute Gasteiger partial charge is 0.299 e. The highest BCUT2D eigenvalue weighted by atomic mass is 16.1. The SMILES string of the molecule is C[C@@H]1C(=O)C2CC1C1CCCC21. The van der Waals surface area contributed by atoms with Crippen molar-refractivity contribution in [2.45, 2.75) is 32.6 Å². The van der Waals surface area contributed by atoms with Crippen LogP contribution in [0.4, 0.5) is 0 Å². The first-order chi connectivity index (χ1) is 5.79. The normalized spacial score (nSPS) is 56.4. The van der Waals surface area contributed by atoms with Crippen molar-refractivity contribution in [3.8, 4) is 0 Å². The predicted molar refractivity (Wildman–Crippen MR) is 46.6 cm³/mol. The number of fused-ring (bicyclic) bond motifs is 5. The average Bonchev–Trinajstić information content (AvgIpc) is 2.63. The molecule has 5 atom stereocenters. The number of rotatable bonds is 0. The first kappa shape index (κ1) is 7.11. The molecule has 1 heteroatoms. The van der Waals surface area contributed by atoms with Gasteiger partial charge in [-0.25, -0.2) is 0 Å². The molecule has 3 saturated carbocycles. The van der Waals surface area contributed by atoms with Gasteiger partial charge in [-0.15, -0.1) is 0 Å². The van der Waals surface area contributed by atoms with Crippen LogP contribution in [0.15, 0.2) is 0 Å². The van der Waals surface area contributed by atoms with Crippen LogP contribution in [0.25, 0.3) is 0 Å². The molecular formula is C11H16O. The number of ketones is 1. The second-order valence-corrected chi connectivity index (χ2v) is 4.96. The molecule has 0 aromatic rings. The van der Waals surface area contributed by atoms with Gasteiger partial charge in [0.15, 0.2) is 0 Å². The Labute approximate surface area is 73.5 Å². The fourth-order valence-corrected chi connectivity index (χ4v) is 4.14. The summed E-state index contributed by atoms with van der Waals surface area (Å²) in [6, 6.07) is 0. The number of hydrogen-bond acceptors (Lipinski definition) is 1. The van der Waals surface area contributed by atoms with Crippen molar-refractivity contribution in [1.29, 1.82) is 0 Å². The van der Waals surface area contributed by atoms with E-state index in [9.17, 15) is 4.79 Å². The summed E-state index contributed by atoms with van der Waals surface area (Å²) in [4.78, 5) is 11.7. The lowest BCUT2D eigenvalue weighted by Crippen LogP contribution is -2.30. The minimum absolute atomic E-state index is 0.411. The third kappa shape index (κ3) is 0.641. The zero-order chi connectivity index (χ0) is 8.29. The molecule has 2 bridgehead atoms. The number of Topliss-reactive ketones (excluding diaryl/α,β-unsaturated/α-hetero) is 1.